The fraction of sp³-hybridized carbons (Fsp3) is 0.778. The van der Waals surface area contributed by atoms with Gasteiger partial charge in [-0.05, 0) is 12.8 Å². The second-order valence-corrected chi connectivity index (χ2v) is 5.02. The summed E-state index contributed by atoms with van der Waals surface area (Å²) < 4.78 is 9.62. The highest BCUT2D eigenvalue weighted by Crippen LogP contribution is 2.27. The molecule has 2 aliphatic heterocycles. The average molecular weight is 226 g/mol. The maximum Gasteiger partial charge on any atom is 0.132 e. The molecular formula is C9H14N4OS. The number of nitrogen functional groups attached to an aromatic ring is 1. The van der Waals surface area contributed by atoms with Crippen LogP contribution < -0.4 is 5.73 Å². The van der Waals surface area contributed by atoms with E-state index in [9.17, 15) is 0 Å². The van der Waals surface area contributed by atoms with E-state index in [0.717, 1.165) is 30.3 Å². The molecule has 0 aromatic carbocycles. The van der Waals surface area contributed by atoms with Gasteiger partial charge in [-0.15, -0.1) is 5.10 Å². The van der Waals surface area contributed by atoms with E-state index in [1.807, 2.05) is 0 Å². The molecule has 2 saturated heterocycles. The predicted molar refractivity (Wildman–Crippen MR) is 57.5 cm³/mol. The number of nitrogens with two attached hydrogens (primary N) is 1. The lowest BCUT2D eigenvalue weighted by atomic mass is 10.2. The number of rotatable bonds is 2. The molecule has 0 spiro atoms. The summed E-state index contributed by atoms with van der Waals surface area (Å²) in [6, 6.07) is 0. The van der Waals surface area contributed by atoms with Gasteiger partial charge in [-0.1, -0.05) is 4.49 Å². The van der Waals surface area contributed by atoms with E-state index in [4.69, 9.17) is 10.5 Å². The van der Waals surface area contributed by atoms with Crippen LogP contribution in [0.1, 0.15) is 18.5 Å². The number of likely N-dealkylation sites (tertiary alicyclic amines) is 1. The Morgan fingerprint density at radius 1 is 1.40 bits per heavy atom. The van der Waals surface area contributed by atoms with Crippen molar-refractivity contribution in [2.75, 3.05) is 18.8 Å². The van der Waals surface area contributed by atoms with Crippen LogP contribution in [0.25, 0.3) is 0 Å². The summed E-state index contributed by atoms with van der Waals surface area (Å²) in [6.07, 6.45) is 3.26. The van der Waals surface area contributed by atoms with Crippen molar-refractivity contribution in [1.29, 1.82) is 0 Å². The van der Waals surface area contributed by atoms with Crippen molar-refractivity contribution < 1.29 is 4.74 Å². The molecule has 15 heavy (non-hydrogen) atoms. The van der Waals surface area contributed by atoms with E-state index in [1.54, 1.807) is 0 Å². The first-order chi connectivity index (χ1) is 7.31. The van der Waals surface area contributed by atoms with Gasteiger partial charge in [0.05, 0.1) is 12.2 Å². The number of hydrogen-bond donors (Lipinski definition) is 1. The Bertz CT molecular complexity index is 344. The smallest absolute Gasteiger partial charge is 0.132 e. The third kappa shape index (κ3) is 1.84. The molecule has 2 N–H and O–H groups in total. The molecule has 2 aliphatic rings. The van der Waals surface area contributed by atoms with E-state index in [0.29, 0.717) is 12.2 Å². The molecular weight excluding hydrogens is 212 g/mol. The first-order valence-corrected chi connectivity index (χ1v) is 6.03. The van der Waals surface area contributed by atoms with Crippen LogP contribution in [0.2, 0.25) is 0 Å². The van der Waals surface area contributed by atoms with E-state index in [1.165, 1.54) is 24.4 Å². The molecule has 1 aromatic heterocycles. The van der Waals surface area contributed by atoms with Crippen LogP contribution in [0.15, 0.2) is 0 Å². The zero-order valence-electron chi connectivity index (χ0n) is 8.43. The highest BCUT2D eigenvalue weighted by molar-refractivity contribution is 7.09. The maximum atomic E-state index is 5.78. The van der Waals surface area contributed by atoms with E-state index >= 15 is 0 Å². The Kier molecular flexibility index (Phi) is 2.34. The lowest BCUT2D eigenvalue weighted by Crippen LogP contribution is -2.42. The molecule has 6 heteroatoms. The van der Waals surface area contributed by atoms with Gasteiger partial charge in [0.2, 0.25) is 0 Å². The zero-order valence-corrected chi connectivity index (χ0v) is 9.24. The van der Waals surface area contributed by atoms with Crippen molar-refractivity contribution in [3.05, 3.63) is 5.69 Å². The Balaban J connectivity index is 1.67. The molecule has 2 bridgehead atoms. The minimum absolute atomic E-state index is 0.427. The first kappa shape index (κ1) is 9.50. The van der Waals surface area contributed by atoms with Crippen LogP contribution in [-0.4, -0.2) is 39.8 Å². The third-order valence-electron chi connectivity index (χ3n) is 3.08. The highest BCUT2D eigenvalue weighted by atomic mass is 32.1. The lowest BCUT2D eigenvalue weighted by molar-refractivity contribution is -0.0413. The predicted octanol–water partition coefficient (Wildman–Crippen LogP) is 0.483. The van der Waals surface area contributed by atoms with Crippen molar-refractivity contribution >= 4 is 16.5 Å². The largest absolute Gasteiger partial charge is 0.388 e. The Morgan fingerprint density at radius 3 is 2.73 bits per heavy atom. The van der Waals surface area contributed by atoms with E-state index in [-0.39, 0.29) is 0 Å². The summed E-state index contributed by atoms with van der Waals surface area (Å²) in [5.41, 5.74) is 6.70. The normalized spacial score (nSPS) is 30.9. The number of fused-ring (bicyclic) bond motifs is 2. The Morgan fingerprint density at radius 2 is 2.13 bits per heavy atom. The molecule has 0 aliphatic carbocycles. The van der Waals surface area contributed by atoms with Gasteiger partial charge < -0.3 is 10.5 Å². The van der Waals surface area contributed by atoms with Gasteiger partial charge >= 0.3 is 0 Å². The second-order valence-electron chi connectivity index (χ2n) is 4.24. The van der Waals surface area contributed by atoms with Crippen LogP contribution in [0.4, 0.5) is 5.00 Å². The van der Waals surface area contributed by atoms with Crippen molar-refractivity contribution in [3.63, 3.8) is 0 Å². The summed E-state index contributed by atoms with van der Waals surface area (Å²) >= 11 is 1.27. The molecule has 82 valence electrons. The third-order valence-corrected chi connectivity index (χ3v) is 3.67. The molecule has 2 unspecified atom stereocenters. The van der Waals surface area contributed by atoms with E-state index < -0.39 is 0 Å². The molecule has 0 saturated carbocycles. The summed E-state index contributed by atoms with van der Waals surface area (Å²) in [7, 11) is 0. The minimum atomic E-state index is 0.427. The minimum Gasteiger partial charge on any atom is -0.388 e. The number of morpholine rings is 1. The van der Waals surface area contributed by atoms with Crippen molar-refractivity contribution in [3.8, 4) is 0 Å². The van der Waals surface area contributed by atoms with Crippen LogP contribution in [-0.2, 0) is 11.3 Å². The van der Waals surface area contributed by atoms with Crippen LogP contribution in [0.5, 0.6) is 0 Å². The summed E-state index contributed by atoms with van der Waals surface area (Å²) in [4.78, 5) is 2.37. The molecule has 5 nitrogen and oxygen atoms in total. The molecule has 0 radical (unpaired) electrons. The van der Waals surface area contributed by atoms with Gasteiger partial charge in [0.1, 0.15) is 10.7 Å². The highest BCUT2D eigenvalue weighted by Gasteiger charge is 2.33. The van der Waals surface area contributed by atoms with Gasteiger partial charge in [0.15, 0.2) is 0 Å². The SMILES string of the molecule is Nc1snnc1CN1CC2CCC(C1)O2. The number of hydrogen-bond acceptors (Lipinski definition) is 6. The number of anilines is 1. The second kappa shape index (κ2) is 3.70. The topological polar surface area (TPSA) is 64.3 Å². The van der Waals surface area contributed by atoms with Crippen LogP contribution in [0, 0.1) is 0 Å². The molecule has 3 rings (SSSR count). The first-order valence-electron chi connectivity index (χ1n) is 5.26. The average Bonchev–Trinajstić information content (AvgIpc) is 2.75. The standard InChI is InChI=1S/C9H14N4OS/c10-9-8(11-12-15-9)5-13-3-6-1-2-7(4-13)14-6/h6-7H,1-5,10H2. The summed E-state index contributed by atoms with van der Waals surface area (Å²) in [5.74, 6) is 0. The van der Waals surface area contributed by atoms with E-state index in [2.05, 4.69) is 14.5 Å². The Hall–Kier alpha value is -0.720. The van der Waals surface area contributed by atoms with Crippen LogP contribution in [0.3, 0.4) is 0 Å². The lowest BCUT2D eigenvalue weighted by Gasteiger charge is -2.31. The molecule has 2 fully saturated rings. The van der Waals surface area contributed by atoms with Crippen LogP contribution >= 0.6 is 11.5 Å². The van der Waals surface area contributed by atoms with Gasteiger partial charge in [-0.25, -0.2) is 0 Å². The van der Waals surface area contributed by atoms with Gasteiger partial charge in [-0.3, -0.25) is 4.90 Å². The number of nitrogens with zero attached hydrogens (tertiary/aromatic N) is 3. The molecule has 3 heterocycles. The molecule has 0 amide bonds. The summed E-state index contributed by atoms with van der Waals surface area (Å²) in [5, 5.41) is 4.79. The zero-order chi connectivity index (χ0) is 10.3. The number of ether oxygens (including phenoxy) is 1. The van der Waals surface area contributed by atoms with Gasteiger partial charge in [-0.2, -0.15) is 0 Å². The Labute approximate surface area is 92.4 Å². The van der Waals surface area contributed by atoms with Crippen molar-refractivity contribution in [1.82, 2.24) is 14.5 Å². The summed E-state index contributed by atoms with van der Waals surface area (Å²) in [6.45, 7) is 2.83. The quantitative estimate of drug-likeness (QED) is 0.794. The maximum absolute atomic E-state index is 5.78. The fourth-order valence-electron chi connectivity index (χ4n) is 2.37. The van der Waals surface area contributed by atoms with Gasteiger partial charge in [0, 0.05) is 31.2 Å². The molecule has 1 aromatic rings. The van der Waals surface area contributed by atoms with Gasteiger partial charge in [0.25, 0.3) is 0 Å². The molecule has 2 atom stereocenters. The fourth-order valence-corrected chi connectivity index (χ4v) is 2.80. The van der Waals surface area contributed by atoms with Crippen molar-refractivity contribution in [2.45, 2.75) is 31.6 Å². The van der Waals surface area contributed by atoms with Crippen molar-refractivity contribution in [2.24, 2.45) is 0 Å². The monoisotopic (exact) mass is 226 g/mol. The number of aromatic nitrogens is 2.